The van der Waals surface area contributed by atoms with Crippen molar-refractivity contribution in [1.82, 2.24) is 10.2 Å². The lowest BCUT2D eigenvalue weighted by Crippen LogP contribution is -2.57. The number of hydrogen-bond donors (Lipinski definition) is 1. The smallest absolute Gasteiger partial charge is 0.324 e. The SMILES string of the molecule is CCOC(=O)C1CNCCN1CC1CCOCO1. The number of nitrogens with one attached hydrogen (secondary N) is 1. The van der Waals surface area contributed by atoms with E-state index in [9.17, 15) is 4.79 Å². The number of carbonyl (C=O) groups excluding carboxylic acids is 1. The monoisotopic (exact) mass is 258 g/mol. The molecule has 0 aliphatic carbocycles. The lowest BCUT2D eigenvalue weighted by molar-refractivity contribution is -0.158. The Bertz CT molecular complexity index is 269. The molecule has 0 spiro atoms. The van der Waals surface area contributed by atoms with Crippen LogP contribution in [0.4, 0.5) is 0 Å². The molecule has 2 heterocycles. The van der Waals surface area contributed by atoms with Gasteiger partial charge in [-0.3, -0.25) is 9.69 Å². The third-order valence-corrected chi connectivity index (χ3v) is 3.32. The fourth-order valence-corrected chi connectivity index (χ4v) is 2.34. The van der Waals surface area contributed by atoms with Gasteiger partial charge >= 0.3 is 5.97 Å². The minimum Gasteiger partial charge on any atom is -0.465 e. The van der Waals surface area contributed by atoms with Crippen molar-refractivity contribution in [2.75, 3.05) is 46.2 Å². The number of hydrogen-bond acceptors (Lipinski definition) is 6. The first-order valence-corrected chi connectivity index (χ1v) is 6.62. The molecule has 0 saturated carbocycles. The minimum absolute atomic E-state index is 0.142. The molecule has 0 amide bonds. The summed E-state index contributed by atoms with van der Waals surface area (Å²) in [4.78, 5) is 14.0. The van der Waals surface area contributed by atoms with Crippen LogP contribution >= 0.6 is 0 Å². The Morgan fingerprint density at radius 2 is 2.44 bits per heavy atom. The Balaban J connectivity index is 1.88. The van der Waals surface area contributed by atoms with E-state index in [1.807, 2.05) is 6.92 Å². The molecule has 6 heteroatoms. The van der Waals surface area contributed by atoms with Gasteiger partial charge in [-0.1, -0.05) is 0 Å². The lowest BCUT2D eigenvalue weighted by Gasteiger charge is -2.37. The van der Waals surface area contributed by atoms with Gasteiger partial charge in [0.15, 0.2) is 0 Å². The van der Waals surface area contributed by atoms with Gasteiger partial charge in [-0.2, -0.15) is 0 Å². The maximum atomic E-state index is 11.9. The summed E-state index contributed by atoms with van der Waals surface area (Å²) in [5.74, 6) is -0.142. The van der Waals surface area contributed by atoms with Gasteiger partial charge in [-0.05, 0) is 13.3 Å². The van der Waals surface area contributed by atoms with E-state index >= 15 is 0 Å². The molecule has 6 nitrogen and oxygen atoms in total. The first kappa shape index (κ1) is 13.7. The molecule has 2 aliphatic heterocycles. The molecule has 0 radical (unpaired) electrons. The van der Waals surface area contributed by atoms with Crippen LogP contribution in [0.15, 0.2) is 0 Å². The van der Waals surface area contributed by atoms with Crippen molar-refractivity contribution in [3.8, 4) is 0 Å². The summed E-state index contributed by atoms with van der Waals surface area (Å²) < 4.78 is 15.8. The van der Waals surface area contributed by atoms with Gasteiger partial charge in [-0.25, -0.2) is 0 Å². The minimum atomic E-state index is -0.190. The van der Waals surface area contributed by atoms with Crippen LogP contribution < -0.4 is 5.32 Å². The lowest BCUT2D eigenvalue weighted by atomic mass is 10.1. The summed E-state index contributed by atoms with van der Waals surface area (Å²) in [7, 11) is 0. The Kier molecular flexibility index (Phi) is 5.37. The Morgan fingerprint density at radius 3 is 3.17 bits per heavy atom. The highest BCUT2D eigenvalue weighted by atomic mass is 16.7. The summed E-state index contributed by atoms with van der Waals surface area (Å²) in [5, 5.41) is 3.23. The van der Waals surface area contributed by atoms with Gasteiger partial charge in [0.1, 0.15) is 12.8 Å². The summed E-state index contributed by atoms with van der Waals surface area (Å²) >= 11 is 0. The standard InChI is InChI=1S/C12H22N2O4/c1-2-17-12(15)11-7-13-4-5-14(11)8-10-3-6-16-9-18-10/h10-11,13H,2-9H2,1H3. The van der Waals surface area contributed by atoms with Crippen LogP contribution in [0.1, 0.15) is 13.3 Å². The van der Waals surface area contributed by atoms with Crippen LogP contribution in [-0.2, 0) is 19.0 Å². The molecule has 2 atom stereocenters. The number of ether oxygens (including phenoxy) is 3. The van der Waals surface area contributed by atoms with E-state index in [0.29, 0.717) is 19.9 Å². The molecule has 0 aromatic rings. The predicted molar refractivity (Wildman–Crippen MR) is 65.2 cm³/mol. The van der Waals surface area contributed by atoms with Crippen molar-refractivity contribution < 1.29 is 19.0 Å². The molecular formula is C12H22N2O4. The molecule has 0 bridgehead atoms. The van der Waals surface area contributed by atoms with Crippen LogP contribution in [-0.4, -0.2) is 69.2 Å². The quantitative estimate of drug-likeness (QED) is 0.692. The second-order valence-corrected chi connectivity index (χ2v) is 4.57. The molecule has 18 heavy (non-hydrogen) atoms. The molecule has 1 N–H and O–H groups in total. The van der Waals surface area contributed by atoms with E-state index in [0.717, 1.165) is 32.7 Å². The highest BCUT2D eigenvalue weighted by Gasteiger charge is 2.31. The van der Waals surface area contributed by atoms with E-state index in [1.54, 1.807) is 0 Å². The number of rotatable bonds is 4. The zero-order valence-electron chi connectivity index (χ0n) is 10.9. The van der Waals surface area contributed by atoms with Gasteiger partial charge in [0.2, 0.25) is 0 Å². The van der Waals surface area contributed by atoms with Gasteiger partial charge in [0.25, 0.3) is 0 Å². The maximum Gasteiger partial charge on any atom is 0.324 e. The number of carbonyl (C=O) groups is 1. The molecule has 2 fully saturated rings. The third kappa shape index (κ3) is 3.65. The highest BCUT2D eigenvalue weighted by molar-refractivity contribution is 5.76. The van der Waals surface area contributed by atoms with Gasteiger partial charge < -0.3 is 19.5 Å². The molecule has 2 aliphatic rings. The third-order valence-electron chi connectivity index (χ3n) is 3.32. The number of esters is 1. The first-order valence-electron chi connectivity index (χ1n) is 6.62. The predicted octanol–water partition coefficient (Wildman–Crippen LogP) is -0.414. The maximum absolute atomic E-state index is 11.9. The second kappa shape index (κ2) is 7.04. The Morgan fingerprint density at radius 1 is 1.56 bits per heavy atom. The summed E-state index contributed by atoms with van der Waals surface area (Å²) in [6.07, 6.45) is 1.05. The number of nitrogens with zero attached hydrogens (tertiary/aromatic N) is 1. The van der Waals surface area contributed by atoms with Crippen LogP contribution in [0, 0.1) is 0 Å². The van der Waals surface area contributed by atoms with Crippen molar-refractivity contribution >= 4 is 5.97 Å². The fraction of sp³-hybridized carbons (Fsp3) is 0.917. The van der Waals surface area contributed by atoms with Gasteiger partial charge in [0.05, 0.1) is 19.3 Å². The molecule has 104 valence electrons. The van der Waals surface area contributed by atoms with E-state index in [-0.39, 0.29) is 18.1 Å². The average molecular weight is 258 g/mol. The van der Waals surface area contributed by atoms with Crippen molar-refractivity contribution in [2.24, 2.45) is 0 Å². The van der Waals surface area contributed by atoms with Crippen LogP contribution in [0.2, 0.25) is 0 Å². The van der Waals surface area contributed by atoms with E-state index < -0.39 is 0 Å². The first-order chi connectivity index (χ1) is 8.81. The zero-order chi connectivity index (χ0) is 12.8. The summed E-state index contributed by atoms with van der Waals surface area (Å²) in [6.45, 7) is 6.54. The Hall–Kier alpha value is -0.690. The van der Waals surface area contributed by atoms with Crippen molar-refractivity contribution in [2.45, 2.75) is 25.5 Å². The molecule has 0 aromatic carbocycles. The van der Waals surface area contributed by atoms with E-state index in [2.05, 4.69) is 10.2 Å². The largest absolute Gasteiger partial charge is 0.465 e. The summed E-state index contributed by atoms with van der Waals surface area (Å²) in [6, 6.07) is -0.190. The number of piperazine rings is 1. The molecule has 2 rings (SSSR count). The molecule has 2 unspecified atom stereocenters. The van der Waals surface area contributed by atoms with Gasteiger partial charge in [-0.15, -0.1) is 0 Å². The fourth-order valence-electron chi connectivity index (χ4n) is 2.34. The average Bonchev–Trinajstić information content (AvgIpc) is 2.41. The molecule has 0 aromatic heterocycles. The Labute approximate surface area is 108 Å². The highest BCUT2D eigenvalue weighted by Crippen LogP contribution is 2.12. The van der Waals surface area contributed by atoms with E-state index in [1.165, 1.54) is 0 Å². The van der Waals surface area contributed by atoms with Crippen molar-refractivity contribution in [3.05, 3.63) is 0 Å². The summed E-state index contributed by atoms with van der Waals surface area (Å²) in [5.41, 5.74) is 0. The van der Waals surface area contributed by atoms with Crippen LogP contribution in [0.3, 0.4) is 0 Å². The van der Waals surface area contributed by atoms with Gasteiger partial charge in [0, 0.05) is 26.2 Å². The van der Waals surface area contributed by atoms with E-state index in [4.69, 9.17) is 14.2 Å². The second-order valence-electron chi connectivity index (χ2n) is 4.57. The molecular weight excluding hydrogens is 236 g/mol. The van der Waals surface area contributed by atoms with Crippen LogP contribution in [0.5, 0.6) is 0 Å². The van der Waals surface area contributed by atoms with Crippen LogP contribution in [0.25, 0.3) is 0 Å². The van der Waals surface area contributed by atoms with Crippen molar-refractivity contribution in [3.63, 3.8) is 0 Å². The van der Waals surface area contributed by atoms with Crippen molar-refractivity contribution in [1.29, 1.82) is 0 Å². The normalized spacial score (nSPS) is 30.1. The zero-order valence-corrected chi connectivity index (χ0v) is 10.9. The topological polar surface area (TPSA) is 60.0 Å². The molecule has 2 saturated heterocycles.